The van der Waals surface area contributed by atoms with Crippen molar-refractivity contribution in [3.8, 4) is 0 Å². The van der Waals surface area contributed by atoms with Crippen molar-refractivity contribution >= 4 is 66.2 Å². The van der Waals surface area contributed by atoms with Crippen molar-refractivity contribution in [1.29, 1.82) is 0 Å². The SMILES string of the molecule is C=C(/C=C(\C=C/C)c1ccc2oc3c(ccc4c5ccccc5oc43)c2c1)n1c(C)nc2ccccc21. The highest BCUT2D eigenvalue weighted by molar-refractivity contribution is 6.19. The maximum Gasteiger partial charge on any atom is 0.178 e. The molecule has 0 saturated heterocycles. The first kappa shape index (κ1) is 21.5. The molecule has 0 radical (unpaired) electrons. The van der Waals surface area contributed by atoms with Crippen LogP contribution >= 0.6 is 0 Å². The third-order valence-corrected chi connectivity index (χ3v) is 7.00. The van der Waals surface area contributed by atoms with E-state index in [1.807, 2.05) is 62.4 Å². The number of hydrogen-bond acceptors (Lipinski definition) is 3. The summed E-state index contributed by atoms with van der Waals surface area (Å²) >= 11 is 0. The fourth-order valence-electron chi connectivity index (χ4n) is 5.36. The topological polar surface area (TPSA) is 44.1 Å². The summed E-state index contributed by atoms with van der Waals surface area (Å²) in [5, 5.41) is 4.26. The van der Waals surface area contributed by atoms with Crippen molar-refractivity contribution in [2.45, 2.75) is 13.8 Å². The van der Waals surface area contributed by atoms with E-state index in [4.69, 9.17) is 13.8 Å². The molecule has 0 bridgehead atoms. The number of nitrogens with zero attached hydrogens (tertiary/aromatic N) is 2. The molecule has 178 valence electrons. The molecule has 0 amide bonds. The summed E-state index contributed by atoms with van der Waals surface area (Å²) in [6.07, 6.45) is 6.27. The fourth-order valence-corrected chi connectivity index (χ4v) is 5.36. The number of aromatic nitrogens is 2. The Morgan fingerprint density at radius 1 is 0.811 bits per heavy atom. The Bertz CT molecular complexity index is 2080. The molecule has 7 rings (SSSR count). The quantitative estimate of drug-likeness (QED) is 0.236. The third-order valence-electron chi connectivity index (χ3n) is 7.00. The molecule has 0 saturated carbocycles. The van der Waals surface area contributed by atoms with Gasteiger partial charge in [0, 0.05) is 27.2 Å². The van der Waals surface area contributed by atoms with Crippen molar-refractivity contribution in [1.82, 2.24) is 9.55 Å². The molecule has 0 fully saturated rings. The van der Waals surface area contributed by atoms with Gasteiger partial charge in [-0.2, -0.15) is 0 Å². The summed E-state index contributed by atoms with van der Waals surface area (Å²) in [6.45, 7) is 8.43. The maximum atomic E-state index is 6.33. The molecule has 0 spiro atoms. The monoisotopic (exact) mass is 480 g/mol. The number of furan rings is 2. The van der Waals surface area contributed by atoms with Gasteiger partial charge in [0.1, 0.15) is 17.0 Å². The molecule has 4 heteroatoms. The first-order chi connectivity index (χ1) is 18.1. The van der Waals surface area contributed by atoms with Crippen molar-refractivity contribution in [3.05, 3.63) is 115 Å². The van der Waals surface area contributed by atoms with Crippen molar-refractivity contribution in [3.63, 3.8) is 0 Å². The zero-order valence-electron chi connectivity index (χ0n) is 20.7. The number of para-hydroxylation sites is 3. The van der Waals surface area contributed by atoms with Crippen LogP contribution in [-0.4, -0.2) is 9.55 Å². The predicted molar refractivity (Wildman–Crippen MR) is 154 cm³/mol. The lowest BCUT2D eigenvalue weighted by Crippen LogP contribution is -1.97. The second-order valence-corrected chi connectivity index (χ2v) is 9.30. The normalized spacial score (nSPS) is 12.8. The molecule has 0 aliphatic rings. The number of imidazole rings is 1. The summed E-state index contributed by atoms with van der Waals surface area (Å²) in [5.41, 5.74) is 8.29. The fraction of sp³-hybridized carbons (Fsp3) is 0.0606. The molecule has 4 nitrogen and oxygen atoms in total. The zero-order valence-corrected chi connectivity index (χ0v) is 20.7. The third kappa shape index (κ3) is 3.26. The Labute approximate surface area is 213 Å². The minimum atomic E-state index is 0.780. The zero-order chi connectivity index (χ0) is 25.1. The van der Waals surface area contributed by atoms with Crippen LogP contribution in [-0.2, 0) is 0 Å². The standard InChI is InChI=1S/C33H24N2O2/c1-4-9-22(18-20(2)35-21(3)34-28-11-6-7-12-29(28)35)23-14-17-31-27(19-23)26-16-15-25-24-10-5-8-13-30(24)36-32(25)33(26)37-31/h4-19H,2H2,1,3H3/b9-4-,22-18+. The van der Waals surface area contributed by atoms with Crippen LogP contribution in [0.1, 0.15) is 18.3 Å². The minimum Gasteiger partial charge on any atom is -0.452 e. The van der Waals surface area contributed by atoms with E-state index < -0.39 is 0 Å². The van der Waals surface area contributed by atoms with Crippen LogP contribution in [0.25, 0.3) is 66.2 Å². The van der Waals surface area contributed by atoms with Crippen molar-refractivity contribution < 1.29 is 8.83 Å². The highest BCUT2D eigenvalue weighted by Crippen LogP contribution is 2.39. The lowest BCUT2D eigenvalue weighted by molar-refractivity contribution is 0.633. The largest absolute Gasteiger partial charge is 0.452 e. The Hall–Kier alpha value is -4.83. The van der Waals surface area contributed by atoms with Crippen LogP contribution in [0.2, 0.25) is 0 Å². The lowest BCUT2D eigenvalue weighted by atomic mass is 10.0. The van der Waals surface area contributed by atoms with Gasteiger partial charge < -0.3 is 8.83 Å². The van der Waals surface area contributed by atoms with E-state index in [1.54, 1.807) is 0 Å². The van der Waals surface area contributed by atoms with Crippen LogP contribution in [0.4, 0.5) is 0 Å². The van der Waals surface area contributed by atoms with Crippen LogP contribution in [0.5, 0.6) is 0 Å². The van der Waals surface area contributed by atoms with Crippen molar-refractivity contribution in [2.75, 3.05) is 0 Å². The molecule has 7 aromatic rings. The summed E-state index contributed by atoms with van der Waals surface area (Å²) in [4.78, 5) is 4.70. The molecule has 3 heterocycles. The molecule has 37 heavy (non-hydrogen) atoms. The number of rotatable bonds is 4. The summed E-state index contributed by atoms with van der Waals surface area (Å²) in [7, 11) is 0. The Morgan fingerprint density at radius 3 is 2.32 bits per heavy atom. The number of fused-ring (bicyclic) bond motifs is 8. The summed E-state index contributed by atoms with van der Waals surface area (Å²) < 4.78 is 14.6. The molecule has 0 atom stereocenters. The molecule has 0 aliphatic heterocycles. The number of hydrogen-bond donors (Lipinski definition) is 0. The summed E-state index contributed by atoms with van der Waals surface area (Å²) in [5.74, 6) is 0.911. The van der Waals surface area contributed by atoms with E-state index in [1.165, 1.54) is 0 Å². The van der Waals surface area contributed by atoms with Gasteiger partial charge >= 0.3 is 0 Å². The molecule has 4 aromatic carbocycles. The van der Waals surface area contributed by atoms with Gasteiger partial charge in [-0.15, -0.1) is 0 Å². The minimum absolute atomic E-state index is 0.780. The lowest BCUT2D eigenvalue weighted by Gasteiger charge is -2.09. The van der Waals surface area contributed by atoms with E-state index in [0.717, 1.165) is 77.6 Å². The first-order valence-electron chi connectivity index (χ1n) is 12.4. The Morgan fingerprint density at radius 2 is 1.51 bits per heavy atom. The number of allylic oxidation sites excluding steroid dienone is 5. The van der Waals surface area contributed by atoms with E-state index in [2.05, 4.69) is 59.7 Å². The van der Waals surface area contributed by atoms with Gasteiger partial charge in [0.05, 0.1) is 11.0 Å². The highest BCUT2D eigenvalue weighted by atomic mass is 16.4. The van der Waals surface area contributed by atoms with Gasteiger partial charge in [-0.25, -0.2) is 4.98 Å². The second kappa shape index (κ2) is 8.10. The van der Waals surface area contributed by atoms with Gasteiger partial charge in [-0.3, -0.25) is 4.57 Å². The van der Waals surface area contributed by atoms with E-state index in [-0.39, 0.29) is 0 Å². The Balaban J connectivity index is 1.39. The average Bonchev–Trinajstić information content (AvgIpc) is 3.58. The van der Waals surface area contributed by atoms with E-state index >= 15 is 0 Å². The van der Waals surface area contributed by atoms with Gasteiger partial charge in [0.25, 0.3) is 0 Å². The van der Waals surface area contributed by atoms with Crippen molar-refractivity contribution in [2.24, 2.45) is 0 Å². The highest BCUT2D eigenvalue weighted by Gasteiger charge is 2.16. The van der Waals surface area contributed by atoms with Crippen LogP contribution in [0.3, 0.4) is 0 Å². The van der Waals surface area contributed by atoms with Gasteiger partial charge in [-0.05, 0) is 73.5 Å². The second-order valence-electron chi connectivity index (χ2n) is 9.30. The maximum absolute atomic E-state index is 6.33. The molecule has 0 aliphatic carbocycles. The van der Waals surface area contributed by atoms with Crippen LogP contribution in [0, 0.1) is 6.92 Å². The van der Waals surface area contributed by atoms with Gasteiger partial charge in [0.15, 0.2) is 11.2 Å². The number of benzene rings is 4. The number of aryl methyl sites for hydroxylation is 1. The van der Waals surface area contributed by atoms with E-state index in [9.17, 15) is 0 Å². The predicted octanol–water partition coefficient (Wildman–Crippen LogP) is 9.27. The molecule has 3 aromatic heterocycles. The molecule has 0 N–H and O–H groups in total. The first-order valence-corrected chi connectivity index (χ1v) is 12.4. The molecular formula is C33H24N2O2. The van der Waals surface area contributed by atoms with Gasteiger partial charge in [0.2, 0.25) is 0 Å². The smallest absolute Gasteiger partial charge is 0.178 e. The molecule has 0 unspecified atom stereocenters. The molecular weight excluding hydrogens is 456 g/mol. The van der Waals surface area contributed by atoms with E-state index in [0.29, 0.717) is 0 Å². The van der Waals surface area contributed by atoms with Gasteiger partial charge in [-0.1, -0.05) is 55.1 Å². The average molecular weight is 481 g/mol. The van der Waals surface area contributed by atoms with Crippen LogP contribution < -0.4 is 0 Å². The van der Waals surface area contributed by atoms with Crippen LogP contribution in [0.15, 0.2) is 113 Å². The Kier molecular flexibility index (Phi) is 4.70. The summed E-state index contributed by atoms with van der Waals surface area (Å²) in [6, 6.07) is 26.8.